The van der Waals surface area contributed by atoms with Gasteiger partial charge in [0.05, 0.1) is 25.5 Å². The van der Waals surface area contributed by atoms with E-state index in [1.165, 1.54) is 10.9 Å². The summed E-state index contributed by atoms with van der Waals surface area (Å²) in [5.74, 6) is 2.79. The largest absolute Gasteiger partial charge is 0.486 e. The normalized spacial score (nSPS) is 15.1. The molecule has 4 aromatic rings. The molecule has 1 saturated carbocycles. The molecular weight excluding hydrogens is 523 g/mol. The third-order valence-electron chi connectivity index (χ3n) is 7.21. The van der Waals surface area contributed by atoms with Crippen molar-refractivity contribution in [2.45, 2.75) is 44.8 Å². The zero-order chi connectivity index (χ0) is 28.0. The van der Waals surface area contributed by atoms with E-state index in [-0.39, 0.29) is 5.82 Å². The Labute approximate surface area is 229 Å². The maximum Gasteiger partial charge on any atom is 0.434 e. The number of halogens is 3. The van der Waals surface area contributed by atoms with Gasteiger partial charge in [-0.2, -0.15) is 13.2 Å². The van der Waals surface area contributed by atoms with Crippen LogP contribution in [0.5, 0.6) is 11.6 Å². The molecule has 2 aliphatic rings. The predicted molar refractivity (Wildman–Crippen MR) is 141 cm³/mol. The van der Waals surface area contributed by atoms with E-state index in [1.807, 2.05) is 25.1 Å². The van der Waals surface area contributed by atoms with Crippen LogP contribution in [-0.2, 0) is 26.2 Å². The number of aromatic nitrogens is 6. The fourth-order valence-corrected chi connectivity index (χ4v) is 5.08. The third-order valence-corrected chi connectivity index (χ3v) is 7.21. The number of rotatable bonds is 7. The fraction of sp³-hybridized carbons (Fsp3) is 0.393. The van der Waals surface area contributed by atoms with Crippen molar-refractivity contribution in [3.63, 3.8) is 0 Å². The highest BCUT2D eigenvalue weighted by atomic mass is 19.4. The van der Waals surface area contributed by atoms with Gasteiger partial charge in [-0.15, -0.1) is 0 Å². The number of alkyl halides is 3. The molecule has 1 aliphatic heterocycles. The Morgan fingerprint density at radius 2 is 1.95 bits per heavy atom. The number of aryl methyl sites for hydroxylation is 2. The summed E-state index contributed by atoms with van der Waals surface area (Å²) >= 11 is 0. The quantitative estimate of drug-likeness (QED) is 0.310. The summed E-state index contributed by atoms with van der Waals surface area (Å²) in [7, 11) is 3.15. The molecule has 0 saturated heterocycles. The molecule has 1 aromatic carbocycles. The number of methoxy groups -OCH3 is 1. The zero-order valence-electron chi connectivity index (χ0n) is 22.4. The molecule has 3 aromatic heterocycles. The van der Waals surface area contributed by atoms with Crippen molar-refractivity contribution in [3.05, 3.63) is 59.4 Å². The highest BCUT2D eigenvalue weighted by molar-refractivity contribution is 5.69. The molecule has 0 atom stereocenters. The van der Waals surface area contributed by atoms with E-state index in [2.05, 4.69) is 24.8 Å². The van der Waals surface area contributed by atoms with Gasteiger partial charge in [0.25, 0.3) is 0 Å². The van der Waals surface area contributed by atoms with Crippen LogP contribution in [0.1, 0.15) is 48.2 Å². The van der Waals surface area contributed by atoms with E-state index in [4.69, 9.17) is 14.5 Å². The van der Waals surface area contributed by atoms with E-state index in [0.717, 1.165) is 35.9 Å². The van der Waals surface area contributed by atoms with E-state index >= 15 is 0 Å². The first-order valence-electron chi connectivity index (χ1n) is 13.1. The number of fused-ring (bicyclic) bond motifs is 1. The lowest BCUT2D eigenvalue weighted by Crippen LogP contribution is -2.33. The van der Waals surface area contributed by atoms with Gasteiger partial charge in [-0.05, 0) is 30.4 Å². The molecular formula is C28H28F3N7O2. The topological polar surface area (TPSA) is 91.1 Å². The summed E-state index contributed by atoms with van der Waals surface area (Å²) in [6.45, 7) is 3.60. The van der Waals surface area contributed by atoms with Crippen LogP contribution in [0.25, 0.3) is 22.8 Å². The summed E-state index contributed by atoms with van der Waals surface area (Å²) in [6.07, 6.45) is 2.45. The number of nitrogens with zero attached hydrogens (tertiary/aromatic N) is 7. The first kappa shape index (κ1) is 26.0. The summed E-state index contributed by atoms with van der Waals surface area (Å²) in [6, 6.07) is 5.79. The van der Waals surface area contributed by atoms with Crippen molar-refractivity contribution in [2.24, 2.45) is 7.05 Å². The molecule has 0 bridgehead atoms. The Morgan fingerprint density at radius 3 is 2.65 bits per heavy atom. The van der Waals surface area contributed by atoms with Gasteiger partial charge < -0.3 is 18.9 Å². The highest BCUT2D eigenvalue weighted by Gasteiger charge is 2.35. The van der Waals surface area contributed by atoms with Crippen LogP contribution in [0.4, 0.5) is 19.0 Å². The number of benzene rings is 1. The molecule has 4 heterocycles. The van der Waals surface area contributed by atoms with E-state index in [0.29, 0.717) is 66.4 Å². The van der Waals surface area contributed by atoms with Crippen molar-refractivity contribution < 1.29 is 22.6 Å². The Balaban J connectivity index is 1.33. The molecule has 1 aliphatic carbocycles. The molecule has 0 amide bonds. The summed E-state index contributed by atoms with van der Waals surface area (Å²) < 4.78 is 52.6. The lowest BCUT2D eigenvalue weighted by Gasteiger charge is -2.30. The summed E-state index contributed by atoms with van der Waals surface area (Å²) in [5.41, 5.74) is 3.28. The van der Waals surface area contributed by atoms with Crippen LogP contribution in [0.15, 0.2) is 36.9 Å². The minimum absolute atomic E-state index is 0.287. The van der Waals surface area contributed by atoms with Crippen LogP contribution in [0, 0.1) is 0 Å². The molecule has 0 unspecified atom stereocenters. The standard InChI is InChI=1S/C28H28F3N7O2/c1-4-17-11-16(5-8-19(17)25-35-21(14-37(25)2)28(29,30)31)13-38-9-10-40-20-12-32-24(36-26(20)38)22-23(18-6-7-18)33-15-34-27(22)39-3/h5,8,11-12,14-15,18H,4,6-7,9-10,13H2,1-3H3. The molecule has 40 heavy (non-hydrogen) atoms. The van der Waals surface area contributed by atoms with Crippen molar-refractivity contribution in [3.8, 4) is 34.4 Å². The molecule has 0 N–H and O–H groups in total. The zero-order valence-corrected chi connectivity index (χ0v) is 22.4. The van der Waals surface area contributed by atoms with Gasteiger partial charge in [0.1, 0.15) is 24.3 Å². The predicted octanol–water partition coefficient (Wildman–Crippen LogP) is 5.20. The van der Waals surface area contributed by atoms with Gasteiger partial charge in [-0.1, -0.05) is 25.1 Å². The van der Waals surface area contributed by atoms with Crippen molar-refractivity contribution in [1.29, 1.82) is 0 Å². The smallest absolute Gasteiger partial charge is 0.434 e. The van der Waals surface area contributed by atoms with Crippen LogP contribution >= 0.6 is 0 Å². The van der Waals surface area contributed by atoms with E-state index in [1.54, 1.807) is 20.4 Å². The number of hydrogen-bond donors (Lipinski definition) is 0. The van der Waals surface area contributed by atoms with Gasteiger partial charge in [0.2, 0.25) is 5.88 Å². The minimum Gasteiger partial charge on any atom is -0.486 e. The van der Waals surface area contributed by atoms with Gasteiger partial charge in [0, 0.05) is 31.3 Å². The second kappa shape index (κ2) is 10.1. The highest BCUT2D eigenvalue weighted by Crippen LogP contribution is 2.45. The van der Waals surface area contributed by atoms with Crippen molar-refractivity contribution in [1.82, 2.24) is 29.5 Å². The van der Waals surface area contributed by atoms with Crippen LogP contribution < -0.4 is 14.4 Å². The van der Waals surface area contributed by atoms with Gasteiger partial charge in [0.15, 0.2) is 23.1 Å². The van der Waals surface area contributed by atoms with E-state index < -0.39 is 11.9 Å². The molecule has 0 radical (unpaired) electrons. The van der Waals surface area contributed by atoms with Crippen molar-refractivity contribution in [2.75, 3.05) is 25.2 Å². The maximum absolute atomic E-state index is 13.3. The van der Waals surface area contributed by atoms with Crippen LogP contribution in [0.3, 0.4) is 0 Å². The average molecular weight is 552 g/mol. The number of hydrogen-bond acceptors (Lipinski definition) is 8. The average Bonchev–Trinajstić information content (AvgIpc) is 3.72. The third kappa shape index (κ3) is 4.82. The lowest BCUT2D eigenvalue weighted by atomic mass is 10.0. The summed E-state index contributed by atoms with van der Waals surface area (Å²) in [5, 5.41) is 0. The second-order valence-electron chi connectivity index (χ2n) is 9.97. The molecule has 6 rings (SSSR count). The Bertz CT molecular complexity index is 1570. The van der Waals surface area contributed by atoms with Crippen LogP contribution in [-0.4, -0.2) is 49.7 Å². The molecule has 9 nitrogen and oxygen atoms in total. The monoisotopic (exact) mass is 551 g/mol. The first-order chi connectivity index (χ1) is 19.3. The Kier molecular flexibility index (Phi) is 6.55. The first-order valence-corrected chi connectivity index (χ1v) is 13.1. The van der Waals surface area contributed by atoms with Gasteiger partial charge >= 0.3 is 6.18 Å². The second-order valence-corrected chi connectivity index (χ2v) is 9.97. The number of ether oxygens (including phenoxy) is 2. The maximum atomic E-state index is 13.3. The minimum atomic E-state index is -4.50. The molecule has 208 valence electrons. The SMILES string of the molecule is CCc1cc(CN2CCOc3cnc(-c4c(OC)ncnc4C4CC4)nc32)ccc1-c1nc(C(F)(F)F)cn1C. The lowest BCUT2D eigenvalue weighted by molar-refractivity contribution is -0.140. The number of anilines is 1. The molecule has 0 spiro atoms. The van der Waals surface area contributed by atoms with Gasteiger partial charge in [-0.25, -0.2) is 24.9 Å². The molecule has 12 heteroatoms. The van der Waals surface area contributed by atoms with Crippen LogP contribution in [0.2, 0.25) is 0 Å². The Morgan fingerprint density at radius 1 is 1.12 bits per heavy atom. The van der Waals surface area contributed by atoms with Crippen molar-refractivity contribution >= 4 is 5.82 Å². The van der Waals surface area contributed by atoms with E-state index in [9.17, 15) is 13.2 Å². The number of imidazole rings is 1. The fourth-order valence-electron chi connectivity index (χ4n) is 5.08. The molecule has 1 fully saturated rings. The Hall–Kier alpha value is -4.22. The van der Waals surface area contributed by atoms with Gasteiger partial charge in [-0.3, -0.25) is 0 Å². The summed E-state index contributed by atoms with van der Waals surface area (Å²) in [4.78, 5) is 24.3.